The Bertz CT molecular complexity index is 1900. The quantitative estimate of drug-likeness (QED) is 0.175. The van der Waals surface area contributed by atoms with Gasteiger partial charge in [0.2, 0.25) is 0 Å². The van der Waals surface area contributed by atoms with Crippen molar-refractivity contribution >= 4 is 62.5 Å². The van der Waals surface area contributed by atoms with Crippen molar-refractivity contribution in [3.05, 3.63) is 117 Å². The van der Waals surface area contributed by atoms with E-state index in [1.54, 1.807) is 42.5 Å². The molecule has 0 bridgehead atoms. The van der Waals surface area contributed by atoms with Gasteiger partial charge < -0.3 is 18.9 Å². The summed E-state index contributed by atoms with van der Waals surface area (Å²) in [6.45, 7) is 4.92. The summed E-state index contributed by atoms with van der Waals surface area (Å²) in [6, 6.07) is 15.4. The van der Waals surface area contributed by atoms with E-state index in [0.29, 0.717) is 72.0 Å². The Hall–Kier alpha value is -3.57. The fraction of sp³-hybridized carbons (Fsp3) is 0.219. The number of hydrogen-bond donors (Lipinski definition) is 0. The minimum atomic E-state index is -0.797. The van der Waals surface area contributed by atoms with Gasteiger partial charge in [-0.3, -0.25) is 9.36 Å². The molecule has 0 spiro atoms. The second-order valence-electron chi connectivity index (χ2n) is 9.48. The number of ether oxygens (including phenoxy) is 4. The molecule has 3 aromatic carbocycles. The van der Waals surface area contributed by atoms with Crippen LogP contribution in [0.25, 0.3) is 6.08 Å². The summed E-state index contributed by atoms with van der Waals surface area (Å²) in [5.41, 5.74) is 2.14. The van der Waals surface area contributed by atoms with E-state index in [2.05, 4.69) is 20.9 Å². The van der Waals surface area contributed by atoms with Crippen molar-refractivity contribution in [3.8, 4) is 17.2 Å². The topological polar surface area (TPSA) is 88.4 Å². The van der Waals surface area contributed by atoms with Crippen LogP contribution in [0, 0.1) is 0 Å². The van der Waals surface area contributed by atoms with Gasteiger partial charge in [-0.1, -0.05) is 52.7 Å². The summed E-state index contributed by atoms with van der Waals surface area (Å²) in [4.78, 5) is 31.6. The monoisotopic (exact) mass is 716 g/mol. The molecule has 0 fully saturated rings. The lowest BCUT2D eigenvalue weighted by Crippen LogP contribution is -2.39. The number of halogens is 3. The molecular formula is C32H27BrCl2N2O6S. The number of carbonyl (C=O) groups excluding carboxylic acids is 1. The standard InChI is InChI=1S/C32H27BrCl2N2O6S/c1-4-41-25-11-8-20(15-26(25)42-5-2)28-22(31(39)40-3)16-36-32-37(28)30(38)27(44-32)14-19-12-23(33)29(24(35)13-19)43-17-18-6-9-21(34)10-7-18/h6-16,28H,4-5,17H2,1-3H3/b27-14-/t28-/m1/s1. The van der Waals surface area contributed by atoms with Crippen LogP contribution in [0.3, 0.4) is 0 Å². The van der Waals surface area contributed by atoms with Crippen LogP contribution >= 0.6 is 50.5 Å². The van der Waals surface area contributed by atoms with Crippen LogP contribution in [0.4, 0.5) is 0 Å². The molecule has 0 aliphatic carbocycles. The van der Waals surface area contributed by atoms with Crippen molar-refractivity contribution in [1.29, 1.82) is 0 Å². The molecule has 1 aromatic heterocycles. The number of nitrogens with zero attached hydrogens (tertiary/aromatic N) is 2. The van der Waals surface area contributed by atoms with Crippen LogP contribution in [-0.4, -0.2) is 30.9 Å². The lowest BCUT2D eigenvalue weighted by molar-refractivity contribution is -0.136. The first kappa shape index (κ1) is 31.8. The minimum Gasteiger partial charge on any atom is -0.490 e. The molecule has 1 aliphatic heterocycles. The number of aromatic nitrogens is 1. The molecule has 228 valence electrons. The van der Waals surface area contributed by atoms with E-state index in [-0.39, 0.29) is 11.1 Å². The summed E-state index contributed by atoms with van der Waals surface area (Å²) in [5.74, 6) is 0.957. The van der Waals surface area contributed by atoms with Crippen LogP contribution in [-0.2, 0) is 16.1 Å². The van der Waals surface area contributed by atoms with Gasteiger partial charge in [0.1, 0.15) is 6.61 Å². The third kappa shape index (κ3) is 6.73. The number of fused-ring (bicyclic) bond motifs is 1. The molecule has 0 unspecified atom stereocenters. The third-order valence-corrected chi connectivity index (χ3v) is 8.74. The first-order valence-corrected chi connectivity index (χ1v) is 16.0. The number of rotatable bonds is 10. The van der Waals surface area contributed by atoms with Crippen LogP contribution < -0.4 is 29.1 Å². The second-order valence-corrected chi connectivity index (χ2v) is 12.2. The predicted octanol–water partition coefficient (Wildman–Crippen LogP) is 6.46. The minimum absolute atomic E-state index is 0.214. The summed E-state index contributed by atoms with van der Waals surface area (Å²) < 4.78 is 25.1. The van der Waals surface area contributed by atoms with E-state index in [1.807, 2.05) is 32.0 Å². The van der Waals surface area contributed by atoms with Gasteiger partial charge in [0.05, 0.1) is 46.0 Å². The lowest BCUT2D eigenvalue weighted by atomic mass is 9.97. The fourth-order valence-electron chi connectivity index (χ4n) is 4.68. The average molecular weight is 718 g/mol. The first-order valence-electron chi connectivity index (χ1n) is 13.6. The summed E-state index contributed by atoms with van der Waals surface area (Å²) in [7, 11) is 1.29. The molecule has 0 amide bonds. The number of benzene rings is 3. The molecule has 0 saturated carbocycles. The van der Waals surface area contributed by atoms with E-state index in [1.165, 1.54) is 29.2 Å². The van der Waals surface area contributed by atoms with Crippen molar-refractivity contribution in [2.45, 2.75) is 26.5 Å². The average Bonchev–Trinajstić information content (AvgIpc) is 3.32. The SMILES string of the molecule is CCOc1ccc([C@@H]2C(C(=O)OC)=CN=c3s/c(=C\c4cc(Cl)c(OCc5ccc(Cl)cc5)c(Br)c4)c(=O)n32)cc1OCC. The second kappa shape index (κ2) is 14.0. The highest BCUT2D eigenvalue weighted by molar-refractivity contribution is 9.10. The maximum Gasteiger partial charge on any atom is 0.337 e. The van der Waals surface area contributed by atoms with Gasteiger partial charge in [0.15, 0.2) is 22.0 Å². The molecule has 5 rings (SSSR count). The third-order valence-electron chi connectivity index (χ3n) is 6.62. The molecule has 0 radical (unpaired) electrons. The Balaban J connectivity index is 1.54. The summed E-state index contributed by atoms with van der Waals surface area (Å²) in [5, 5.41) is 1.02. The molecular weight excluding hydrogens is 691 g/mol. The molecule has 0 N–H and O–H groups in total. The Kier molecular flexibility index (Phi) is 10.2. The van der Waals surface area contributed by atoms with Gasteiger partial charge in [-0.25, -0.2) is 9.79 Å². The summed E-state index contributed by atoms with van der Waals surface area (Å²) in [6.07, 6.45) is 3.18. The van der Waals surface area contributed by atoms with E-state index in [4.69, 9.17) is 42.1 Å². The van der Waals surface area contributed by atoms with Crippen molar-refractivity contribution in [2.24, 2.45) is 4.99 Å². The van der Waals surface area contributed by atoms with Crippen LogP contribution in [0.1, 0.15) is 36.6 Å². The van der Waals surface area contributed by atoms with Gasteiger partial charge in [0.25, 0.3) is 5.56 Å². The van der Waals surface area contributed by atoms with Gasteiger partial charge in [-0.15, -0.1) is 0 Å². The van der Waals surface area contributed by atoms with E-state index >= 15 is 0 Å². The molecule has 2 heterocycles. The first-order chi connectivity index (χ1) is 21.2. The molecule has 1 aliphatic rings. The van der Waals surface area contributed by atoms with E-state index < -0.39 is 12.0 Å². The zero-order chi connectivity index (χ0) is 31.4. The summed E-state index contributed by atoms with van der Waals surface area (Å²) >= 11 is 17.3. The van der Waals surface area contributed by atoms with Crippen LogP contribution in [0.2, 0.25) is 10.0 Å². The molecule has 0 saturated heterocycles. The number of thiazole rings is 1. The normalized spacial score (nSPS) is 14.4. The van der Waals surface area contributed by atoms with Crippen molar-refractivity contribution in [3.63, 3.8) is 0 Å². The van der Waals surface area contributed by atoms with Crippen molar-refractivity contribution < 1.29 is 23.7 Å². The number of methoxy groups -OCH3 is 1. The van der Waals surface area contributed by atoms with Crippen molar-refractivity contribution in [2.75, 3.05) is 20.3 Å². The molecule has 1 atom stereocenters. The largest absolute Gasteiger partial charge is 0.490 e. The maximum atomic E-state index is 13.9. The van der Waals surface area contributed by atoms with Gasteiger partial charge >= 0.3 is 5.97 Å². The molecule has 12 heteroatoms. The molecule has 4 aromatic rings. The number of hydrogen-bond acceptors (Lipinski definition) is 8. The lowest BCUT2D eigenvalue weighted by Gasteiger charge is -2.23. The van der Waals surface area contributed by atoms with Crippen molar-refractivity contribution in [1.82, 2.24) is 4.57 Å². The maximum absolute atomic E-state index is 13.9. The highest BCUT2D eigenvalue weighted by Crippen LogP contribution is 2.36. The number of carbonyl (C=O) groups is 1. The number of esters is 1. The highest BCUT2D eigenvalue weighted by Gasteiger charge is 2.31. The Morgan fingerprint density at radius 3 is 2.43 bits per heavy atom. The highest BCUT2D eigenvalue weighted by atomic mass is 79.9. The predicted molar refractivity (Wildman–Crippen MR) is 175 cm³/mol. The Morgan fingerprint density at radius 2 is 1.75 bits per heavy atom. The zero-order valence-corrected chi connectivity index (χ0v) is 27.8. The van der Waals surface area contributed by atoms with E-state index in [0.717, 1.165) is 5.56 Å². The molecule has 8 nitrogen and oxygen atoms in total. The van der Waals surface area contributed by atoms with E-state index in [9.17, 15) is 9.59 Å². The smallest absolute Gasteiger partial charge is 0.337 e. The van der Waals surface area contributed by atoms with Gasteiger partial charge in [-0.05, 0) is 88.9 Å². The Labute approximate surface area is 275 Å². The van der Waals surface area contributed by atoms with Gasteiger partial charge in [-0.2, -0.15) is 0 Å². The van der Waals surface area contributed by atoms with Crippen LogP contribution in [0.15, 0.2) is 80.6 Å². The molecule has 44 heavy (non-hydrogen) atoms. The van der Waals surface area contributed by atoms with Crippen LogP contribution in [0.5, 0.6) is 17.2 Å². The fourth-order valence-corrected chi connectivity index (χ4v) is 6.76. The Morgan fingerprint density at radius 1 is 1.02 bits per heavy atom. The zero-order valence-electron chi connectivity index (χ0n) is 23.9. The van der Waals surface area contributed by atoms with Gasteiger partial charge in [0, 0.05) is 11.2 Å².